The van der Waals surface area contributed by atoms with Gasteiger partial charge in [-0.2, -0.15) is 0 Å². The van der Waals surface area contributed by atoms with Gasteiger partial charge in [0.15, 0.2) is 0 Å². The minimum atomic E-state index is -0.579. The first-order valence-corrected chi connectivity index (χ1v) is 8.12. The Morgan fingerprint density at radius 3 is 2.64 bits per heavy atom. The lowest BCUT2D eigenvalue weighted by Crippen LogP contribution is -2.38. The van der Waals surface area contributed by atoms with Gasteiger partial charge in [0.25, 0.3) is 0 Å². The molecule has 1 aromatic rings. The lowest BCUT2D eigenvalue weighted by Gasteiger charge is -2.35. The van der Waals surface area contributed by atoms with Crippen LogP contribution in [0, 0.1) is 6.92 Å². The van der Waals surface area contributed by atoms with Crippen molar-refractivity contribution in [3.63, 3.8) is 0 Å². The standard InChI is InChI=1S/C19H26O3/c1-5-10-19(4)12-16(20)17(18(21)22-19)15(6-2)14-9-7-8-13(3)11-14/h7-9,11,15,20H,5-6,10,12H2,1-4H3. The number of aliphatic hydroxyl groups is 1. The van der Waals surface area contributed by atoms with Crippen LogP contribution >= 0.6 is 0 Å². The van der Waals surface area contributed by atoms with Crippen molar-refractivity contribution in [2.45, 2.75) is 64.9 Å². The second-order valence-electron chi connectivity index (χ2n) is 6.50. The van der Waals surface area contributed by atoms with Crippen molar-refractivity contribution >= 4 is 5.97 Å². The van der Waals surface area contributed by atoms with Gasteiger partial charge in [-0.15, -0.1) is 0 Å². The van der Waals surface area contributed by atoms with Crippen LogP contribution in [-0.2, 0) is 9.53 Å². The highest BCUT2D eigenvalue weighted by molar-refractivity contribution is 5.92. The summed E-state index contributed by atoms with van der Waals surface area (Å²) < 4.78 is 5.67. The van der Waals surface area contributed by atoms with Crippen LogP contribution in [0.5, 0.6) is 0 Å². The SMILES string of the molecule is CCCC1(C)CC(O)=C(C(CC)c2cccc(C)c2)C(=O)O1. The van der Waals surface area contributed by atoms with Gasteiger partial charge in [-0.05, 0) is 32.3 Å². The third kappa shape index (κ3) is 3.34. The summed E-state index contributed by atoms with van der Waals surface area (Å²) in [5, 5.41) is 10.5. The van der Waals surface area contributed by atoms with Crippen LogP contribution < -0.4 is 0 Å². The zero-order valence-corrected chi connectivity index (χ0v) is 14.0. The fourth-order valence-electron chi connectivity index (χ4n) is 3.39. The summed E-state index contributed by atoms with van der Waals surface area (Å²) >= 11 is 0. The molecule has 2 unspecified atom stereocenters. The molecule has 1 aliphatic heterocycles. The molecule has 3 nitrogen and oxygen atoms in total. The van der Waals surface area contributed by atoms with Gasteiger partial charge in [0.1, 0.15) is 11.4 Å². The molecular weight excluding hydrogens is 276 g/mol. The molecule has 2 atom stereocenters. The van der Waals surface area contributed by atoms with E-state index in [0.29, 0.717) is 12.0 Å². The fourth-order valence-corrected chi connectivity index (χ4v) is 3.39. The summed E-state index contributed by atoms with van der Waals surface area (Å²) in [5.74, 6) is -0.285. The lowest BCUT2D eigenvalue weighted by atomic mass is 9.82. The predicted molar refractivity (Wildman–Crippen MR) is 87.9 cm³/mol. The Morgan fingerprint density at radius 2 is 2.09 bits per heavy atom. The molecule has 0 saturated carbocycles. The highest BCUT2D eigenvalue weighted by Crippen LogP contribution is 2.39. The van der Waals surface area contributed by atoms with Crippen molar-refractivity contribution in [2.75, 3.05) is 0 Å². The summed E-state index contributed by atoms with van der Waals surface area (Å²) in [5.41, 5.74) is 2.06. The second-order valence-corrected chi connectivity index (χ2v) is 6.50. The maximum Gasteiger partial charge on any atom is 0.338 e. The summed E-state index contributed by atoms with van der Waals surface area (Å²) in [7, 11) is 0. The van der Waals surface area contributed by atoms with Gasteiger partial charge in [-0.3, -0.25) is 0 Å². The minimum absolute atomic E-state index is 0.112. The van der Waals surface area contributed by atoms with E-state index >= 15 is 0 Å². The van der Waals surface area contributed by atoms with Gasteiger partial charge in [0.2, 0.25) is 0 Å². The van der Waals surface area contributed by atoms with E-state index in [-0.39, 0.29) is 17.6 Å². The summed E-state index contributed by atoms with van der Waals surface area (Å²) in [6, 6.07) is 8.10. The number of hydrogen-bond donors (Lipinski definition) is 1. The Hall–Kier alpha value is -1.77. The largest absolute Gasteiger partial charge is 0.512 e. The highest BCUT2D eigenvalue weighted by Gasteiger charge is 2.40. The van der Waals surface area contributed by atoms with Gasteiger partial charge in [-0.25, -0.2) is 4.79 Å². The summed E-state index contributed by atoms with van der Waals surface area (Å²) in [6.45, 7) is 8.01. The number of rotatable bonds is 5. The third-order valence-corrected chi connectivity index (χ3v) is 4.39. The smallest absolute Gasteiger partial charge is 0.338 e. The molecular formula is C19H26O3. The van der Waals surface area contributed by atoms with Gasteiger partial charge in [0, 0.05) is 12.3 Å². The number of ether oxygens (including phenoxy) is 1. The van der Waals surface area contributed by atoms with Gasteiger partial charge < -0.3 is 9.84 Å². The lowest BCUT2D eigenvalue weighted by molar-refractivity contribution is -0.158. The topological polar surface area (TPSA) is 46.5 Å². The molecule has 0 radical (unpaired) electrons. The Morgan fingerprint density at radius 1 is 1.36 bits per heavy atom. The van der Waals surface area contributed by atoms with Crippen LogP contribution in [0.25, 0.3) is 0 Å². The average molecular weight is 302 g/mol. The molecule has 3 heteroatoms. The first kappa shape index (κ1) is 16.6. The number of benzene rings is 1. The molecule has 2 rings (SSSR count). The van der Waals surface area contributed by atoms with Crippen molar-refractivity contribution in [1.29, 1.82) is 0 Å². The van der Waals surface area contributed by atoms with Crippen LogP contribution in [0.15, 0.2) is 35.6 Å². The first-order chi connectivity index (χ1) is 10.4. The number of carbonyl (C=O) groups is 1. The van der Waals surface area contributed by atoms with Crippen LogP contribution in [0.4, 0.5) is 0 Å². The maximum absolute atomic E-state index is 12.5. The quantitative estimate of drug-likeness (QED) is 0.794. The predicted octanol–water partition coefficient (Wildman–Crippen LogP) is 4.81. The number of esters is 1. The van der Waals surface area contributed by atoms with E-state index < -0.39 is 5.60 Å². The average Bonchev–Trinajstić information content (AvgIpc) is 2.42. The van der Waals surface area contributed by atoms with E-state index in [2.05, 4.69) is 13.0 Å². The maximum atomic E-state index is 12.5. The van der Waals surface area contributed by atoms with E-state index in [1.165, 1.54) is 0 Å². The highest BCUT2D eigenvalue weighted by atomic mass is 16.6. The number of hydrogen-bond acceptors (Lipinski definition) is 3. The van der Waals surface area contributed by atoms with Gasteiger partial charge >= 0.3 is 5.97 Å². The number of cyclic esters (lactones) is 1. The monoisotopic (exact) mass is 302 g/mol. The van der Waals surface area contributed by atoms with Gasteiger partial charge in [0.05, 0.1) is 5.57 Å². The summed E-state index contributed by atoms with van der Waals surface area (Å²) in [6.07, 6.45) is 2.84. The van der Waals surface area contributed by atoms with Gasteiger partial charge in [-0.1, -0.05) is 50.1 Å². The molecule has 1 heterocycles. The molecule has 0 spiro atoms. The van der Waals surface area contributed by atoms with E-state index in [0.717, 1.165) is 30.4 Å². The molecule has 1 N–H and O–H groups in total. The number of aliphatic hydroxyl groups excluding tert-OH is 1. The van der Waals surface area contributed by atoms with Crippen molar-refractivity contribution < 1.29 is 14.6 Å². The molecule has 22 heavy (non-hydrogen) atoms. The molecule has 120 valence electrons. The van der Waals surface area contributed by atoms with E-state index in [9.17, 15) is 9.90 Å². The zero-order valence-electron chi connectivity index (χ0n) is 14.0. The Bertz CT molecular complexity index is 588. The van der Waals surface area contributed by atoms with Crippen LogP contribution in [0.2, 0.25) is 0 Å². The Kier molecular flexibility index (Phi) is 4.94. The van der Waals surface area contributed by atoms with E-state index in [1.807, 2.05) is 39.0 Å². The molecule has 0 aliphatic carbocycles. The molecule has 1 aromatic carbocycles. The number of carbonyl (C=O) groups excluding carboxylic acids is 1. The van der Waals surface area contributed by atoms with Crippen LogP contribution in [0.1, 0.15) is 63.5 Å². The molecule has 0 fully saturated rings. The minimum Gasteiger partial charge on any atom is -0.512 e. The Labute approximate surface area is 133 Å². The third-order valence-electron chi connectivity index (χ3n) is 4.39. The molecule has 0 aromatic heterocycles. The number of aryl methyl sites for hydroxylation is 1. The summed E-state index contributed by atoms with van der Waals surface area (Å²) in [4.78, 5) is 12.5. The first-order valence-electron chi connectivity index (χ1n) is 8.12. The normalized spacial score (nSPS) is 23.4. The van der Waals surface area contributed by atoms with Crippen LogP contribution in [0.3, 0.4) is 0 Å². The van der Waals surface area contributed by atoms with Crippen molar-refractivity contribution in [2.24, 2.45) is 0 Å². The molecule has 0 bridgehead atoms. The van der Waals surface area contributed by atoms with E-state index in [1.54, 1.807) is 0 Å². The molecule has 0 amide bonds. The van der Waals surface area contributed by atoms with E-state index in [4.69, 9.17) is 4.74 Å². The van der Waals surface area contributed by atoms with Crippen molar-refractivity contribution in [1.82, 2.24) is 0 Å². The van der Waals surface area contributed by atoms with Crippen molar-refractivity contribution in [3.8, 4) is 0 Å². The fraction of sp³-hybridized carbons (Fsp3) is 0.526. The molecule has 0 saturated heterocycles. The second kappa shape index (κ2) is 6.55. The van der Waals surface area contributed by atoms with Crippen molar-refractivity contribution in [3.05, 3.63) is 46.7 Å². The van der Waals surface area contributed by atoms with Crippen LogP contribution in [-0.4, -0.2) is 16.7 Å². The molecule has 1 aliphatic rings. The zero-order chi connectivity index (χ0) is 16.3. The Balaban J connectivity index is 2.38.